The number of nitrogens with two attached hydrogens (primary N) is 1. The third-order valence-corrected chi connectivity index (χ3v) is 2.42. The van der Waals surface area contributed by atoms with Crippen molar-refractivity contribution in [2.45, 2.75) is 12.0 Å². The van der Waals surface area contributed by atoms with Crippen molar-refractivity contribution in [1.82, 2.24) is 0 Å². The first-order valence-corrected chi connectivity index (χ1v) is 4.77. The summed E-state index contributed by atoms with van der Waals surface area (Å²) < 4.78 is 35.3. The van der Waals surface area contributed by atoms with E-state index in [0.717, 1.165) is 7.11 Å². The van der Waals surface area contributed by atoms with Crippen molar-refractivity contribution in [2.75, 3.05) is 14.2 Å². The van der Waals surface area contributed by atoms with E-state index in [-0.39, 0.29) is 11.3 Å². The van der Waals surface area contributed by atoms with Crippen LogP contribution in [0.2, 0.25) is 0 Å². The van der Waals surface area contributed by atoms with E-state index in [0.29, 0.717) is 0 Å². The Morgan fingerprint density at radius 1 is 1.35 bits per heavy atom. The van der Waals surface area contributed by atoms with E-state index in [9.17, 15) is 13.6 Å². The van der Waals surface area contributed by atoms with Crippen LogP contribution in [0.4, 0.5) is 8.78 Å². The fourth-order valence-electron chi connectivity index (χ4n) is 1.47. The maximum Gasteiger partial charge on any atom is 0.336 e. The van der Waals surface area contributed by atoms with E-state index >= 15 is 0 Å². The number of benzene rings is 1. The molecule has 17 heavy (non-hydrogen) atoms. The lowest BCUT2D eigenvalue weighted by Gasteiger charge is -2.27. The minimum absolute atomic E-state index is 0.107. The molecule has 0 aromatic heterocycles. The van der Waals surface area contributed by atoms with Crippen LogP contribution >= 0.6 is 0 Å². The normalized spacial score (nSPS) is 14.2. The lowest BCUT2D eigenvalue weighted by atomic mass is 9.90. The monoisotopic (exact) mass is 245 g/mol. The molecule has 0 bridgehead atoms. The molecule has 94 valence electrons. The maximum absolute atomic E-state index is 13.0. The fraction of sp³-hybridized carbons (Fsp3) is 0.364. The SMILES string of the molecule is COC(=O)C(N)(c1ccccc1OC)C(F)F. The summed E-state index contributed by atoms with van der Waals surface area (Å²) in [7, 11) is 2.31. The molecule has 0 amide bonds. The molecule has 2 N–H and O–H groups in total. The predicted molar refractivity (Wildman–Crippen MR) is 56.9 cm³/mol. The van der Waals surface area contributed by atoms with Crippen LogP contribution in [0.15, 0.2) is 24.3 Å². The molecule has 0 fully saturated rings. The van der Waals surface area contributed by atoms with Gasteiger partial charge in [-0.25, -0.2) is 13.6 Å². The Morgan fingerprint density at radius 2 is 1.94 bits per heavy atom. The van der Waals surface area contributed by atoms with Gasteiger partial charge in [-0.1, -0.05) is 18.2 Å². The molecule has 0 aliphatic carbocycles. The van der Waals surface area contributed by atoms with E-state index < -0.39 is 17.9 Å². The summed E-state index contributed by atoms with van der Waals surface area (Å²) in [4.78, 5) is 11.5. The molecule has 0 aliphatic heterocycles. The van der Waals surface area contributed by atoms with Crippen LogP contribution in [0, 0.1) is 0 Å². The third kappa shape index (κ3) is 2.21. The number of esters is 1. The van der Waals surface area contributed by atoms with Gasteiger partial charge in [0.05, 0.1) is 14.2 Å². The molecule has 0 saturated carbocycles. The molecular formula is C11H13F2NO3. The molecule has 1 atom stereocenters. The smallest absolute Gasteiger partial charge is 0.336 e. The number of para-hydroxylation sites is 1. The zero-order chi connectivity index (χ0) is 13.1. The van der Waals surface area contributed by atoms with Crippen molar-refractivity contribution < 1.29 is 23.0 Å². The summed E-state index contributed by atoms with van der Waals surface area (Å²) in [6.07, 6.45) is -3.11. The largest absolute Gasteiger partial charge is 0.496 e. The van der Waals surface area contributed by atoms with E-state index in [2.05, 4.69) is 4.74 Å². The lowest BCUT2D eigenvalue weighted by molar-refractivity contribution is -0.154. The van der Waals surface area contributed by atoms with E-state index in [1.54, 1.807) is 6.07 Å². The predicted octanol–water partition coefficient (Wildman–Crippen LogP) is 1.29. The Hall–Kier alpha value is -1.69. The van der Waals surface area contributed by atoms with Gasteiger partial charge in [-0.15, -0.1) is 0 Å². The molecule has 0 spiro atoms. The van der Waals surface area contributed by atoms with Gasteiger partial charge in [0.1, 0.15) is 5.75 Å². The number of alkyl halides is 2. The Balaban J connectivity index is 3.37. The third-order valence-electron chi connectivity index (χ3n) is 2.42. The Morgan fingerprint density at radius 3 is 2.41 bits per heavy atom. The summed E-state index contributed by atoms with van der Waals surface area (Å²) in [5, 5.41) is 0. The van der Waals surface area contributed by atoms with Crippen molar-refractivity contribution in [3.05, 3.63) is 29.8 Å². The molecule has 6 heteroatoms. The van der Waals surface area contributed by atoms with Crippen LogP contribution in [0.1, 0.15) is 5.56 Å². The zero-order valence-electron chi connectivity index (χ0n) is 9.44. The molecule has 1 aromatic carbocycles. The average molecular weight is 245 g/mol. The van der Waals surface area contributed by atoms with Gasteiger partial charge < -0.3 is 15.2 Å². The van der Waals surface area contributed by atoms with Crippen LogP contribution in [0.3, 0.4) is 0 Å². The highest BCUT2D eigenvalue weighted by atomic mass is 19.3. The summed E-state index contributed by atoms with van der Waals surface area (Å²) in [6.45, 7) is 0. The summed E-state index contributed by atoms with van der Waals surface area (Å²) in [6, 6.07) is 5.83. The van der Waals surface area contributed by atoms with E-state index in [4.69, 9.17) is 10.5 Å². The zero-order valence-corrected chi connectivity index (χ0v) is 9.44. The second-order valence-electron chi connectivity index (χ2n) is 3.36. The number of methoxy groups -OCH3 is 2. The number of halogens is 2. The lowest BCUT2D eigenvalue weighted by Crippen LogP contribution is -2.52. The standard InChI is InChI=1S/C11H13F2NO3/c1-16-8-6-4-3-5-7(8)11(14,9(12)13)10(15)17-2/h3-6,9H,14H2,1-2H3. The van der Waals surface area contributed by atoms with Gasteiger partial charge >= 0.3 is 5.97 Å². The van der Waals surface area contributed by atoms with Crippen LogP contribution in [0.25, 0.3) is 0 Å². The van der Waals surface area contributed by atoms with E-state index in [1.807, 2.05) is 0 Å². The Kier molecular flexibility index (Phi) is 4.01. The highest BCUT2D eigenvalue weighted by Gasteiger charge is 2.48. The topological polar surface area (TPSA) is 61.5 Å². The highest BCUT2D eigenvalue weighted by molar-refractivity contribution is 5.84. The fourth-order valence-corrected chi connectivity index (χ4v) is 1.47. The van der Waals surface area contributed by atoms with Gasteiger partial charge in [0, 0.05) is 5.56 Å². The van der Waals surface area contributed by atoms with Crippen LogP contribution in [-0.2, 0) is 15.1 Å². The van der Waals surface area contributed by atoms with Crippen molar-refractivity contribution in [3.8, 4) is 5.75 Å². The number of hydrogen-bond acceptors (Lipinski definition) is 4. The molecule has 0 radical (unpaired) electrons. The van der Waals surface area contributed by atoms with Gasteiger partial charge in [0.25, 0.3) is 6.43 Å². The van der Waals surface area contributed by atoms with Gasteiger partial charge in [-0.2, -0.15) is 0 Å². The maximum atomic E-state index is 13.0. The number of hydrogen-bond donors (Lipinski definition) is 1. The van der Waals surface area contributed by atoms with Crippen molar-refractivity contribution in [3.63, 3.8) is 0 Å². The first-order valence-electron chi connectivity index (χ1n) is 4.77. The minimum atomic E-state index is -3.11. The van der Waals surface area contributed by atoms with E-state index in [1.165, 1.54) is 25.3 Å². The quantitative estimate of drug-likeness (QED) is 0.812. The summed E-state index contributed by atoms with van der Waals surface area (Å²) in [5.41, 5.74) is 2.85. The van der Waals surface area contributed by atoms with Gasteiger partial charge in [-0.05, 0) is 6.07 Å². The molecule has 1 rings (SSSR count). The number of carbonyl (C=O) groups excluding carboxylic acids is 1. The van der Waals surface area contributed by atoms with Gasteiger partial charge in [0.15, 0.2) is 0 Å². The molecule has 0 aliphatic rings. The second-order valence-corrected chi connectivity index (χ2v) is 3.36. The molecule has 0 heterocycles. The van der Waals surface area contributed by atoms with Crippen LogP contribution in [-0.4, -0.2) is 26.6 Å². The Bertz CT molecular complexity index is 411. The molecular weight excluding hydrogens is 232 g/mol. The van der Waals surface area contributed by atoms with Crippen molar-refractivity contribution in [2.24, 2.45) is 5.73 Å². The summed E-state index contributed by atoms with van der Waals surface area (Å²) >= 11 is 0. The highest BCUT2D eigenvalue weighted by Crippen LogP contribution is 2.33. The van der Waals surface area contributed by atoms with Gasteiger partial charge in [-0.3, -0.25) is 0 Å². The first-order chi connectivity index (χ1) is 7.98. The minimum Gasteiger partial charge on any atom is -0.496 e. The van der Waals surface area contributed by atoms with Crippen molar-refractivity contribution in [1.29, 1.82) is 0 Å². The molecule has 1 unspecified atom stereocenters. The van der Waals surface area contributed by atoms with Crippen LogP contribution < -0.4 is 10.5 Å². The average Bonchev–Trinajstić information content (AvgIpc) is 2.36. The molecule has 1 aromatic rings. The molecule has 4 nitrogen and oxygen atoms in total. The summed E-state index contributed by atoms with van der Waals surface area (Å²) in [5.74, 6) is -1.10. The second kappa shape index (κ2) is 5.09. The number of rotatable bonds is 4. The molecule has 0 saturated heterocycles. The van der Waals surface area contributed by atoms with Crippen LogP contribution in [0.5, 0.6) is 5.75 Å². The van der Waals surface area contributed by atoms with Crippen molar-refractivity contribution >= 4 is 5.97 Å². The first kappa shape index (κ1) is 13.4. The number of ether oxygens (including phenoxy) is 2. The van der Waals surface area contributed by atoms with Gasteiger partial charge in [0.2, 0.25) is 5.54 Å². The number of carbonyl (C=O) groups is 1. The Labute approximate surface area is 97.3 Å².